The van der Waals surface area contributed by atoms with E-state index >= 15 is 0 Å². The van der Waals surface area contributed by atoms with Gasteiger partial charge in [0.05, 0.1) is 5.56 Å². The van der Waals surface area contributed by atoms with Gasteiger partial charge in [0.25, 0.3) is 0 Å². The van der Waals surface area contributed by atoms with Crippen LogP contribution in [0.2, 0.25) is 0 Å². The Morgan fingerprint density at radius 2 is 1.88 bits per heavy atom. The highest BCUT2D eigenvalue weighted by Crippen LogP contribution is 2.32. The molecule has 7 heteroatoms. The topological polar surface area (TPSA) is 43.4 Å². The highest BCUT2D eigenvalue weighted by molar-refractivity contribution is 5.83. The Balaban J connectivity index is 3.23. The average molecular weight is 236 g/mol. The summed E-state index contributed by atoms with van der Waals surface area (Å²) in [4.78, 5) is 10.8. The Morgan fingerprint density at radius 3 is 2.31 bits per heavy atom. The predicted molar refractivity (Wildman–Crippen MR) is 45.2 cm³/mol. The molecule has 88 valence electrons. The third-order valence-electron chi connectivity index (χ3n) is 1.87. The van der Waals surface area contributed by atoms with Crippen molar-refractivity contribution in [2.24, 2.45) is 0 Å². The van der Waals surface area contributed by atoms with Gasteiger partial charge in [-0.1, -0.05) is 0 Å². The van der Waals surface area contributed by atoms with Crippen LogP contribution >= 0.6 is 0 Å². The third kappa shape index (κ3) is 2.62. The average Bonchev–Trinajstić information content (AvgIpc) is 2.14. The van der Waals surface area contributed by atoms with Gasteiger partial charge in [0.2, 0.25) is 0 Å². The SMILES string of the molecule is CN(C(=O)[O-])c1cc(F)cc(C(F)(F)F)c1. The minimum atomic E-state index is -4.73. The van der Waals surface area contributed by atoms with E-state index in [0.717, 1.165) is 7.05 Å². The van der Waals surface area contributed by atoms with E-state index in [2.05, 4.69) is 0 Å². The number of benzene rings is 1. The third-order valence-corrected chi connectivity index (χ3v) is 1.87. The van der Waals surface area contributed by atoms with E-state index in [4.69, 9.17) is 0 Å². The standard InChI is InChI=1S/C9H7F4NO2/c1-14(8(15)16)7-3-5(9(11,12)13)2-6(10)4-7/h2-4H,1H3,(H,15,16)/p-1. The van der Waals surface area contributed by atoms with Gasteiger partial charge in [-0.05, 0) is 18.2 Å². The zero-order valence-corrected chi connectivity index (χ0v) is 8.01. The van der Waals surface area contributed by atoms with Gasteiger partial charge >= 0.3 is 6.18 Å². The van der Waals surface area contributed by atoms with Crippen LogP contribution in [0.25, 0.3) is 0 Å². The van der Waals surface area contributed by atoms with Crippen LogP contribution in [0.3, 0.4) is 0 Å². The zero-order chi connectivity index (χ0) is 12.5. The molecule has 0 aliphatic carbocycles. The van der Waals surface area contributed by atoms with Crippen molar-refractivity contribution in [1.29, 1.82) is 0 Å². The second-order valence-electron chi connectivity index (χ2n) is 3.02. The molecule has 0 saturated carbocycles. The van der Waals surface area contributed by atoms with Crippen molar-refractivity contribution in [3.8, 4) is 0 Å². The van der Waals surface area contributed by atoms with Crippen molar-refractivity contribution in [2.75, 3.05) is 11.9 Å². The van der Waals surface area contributed by atoms with Gasteiger partial charge in [0, 0.05) is 12.7 Å². The lowest BCUT2D eigenvalue weighted by atomic mass is 10.2. The second-order valence-corrected chi connectivity index (χ2v) is 3.02. The fourth-order valence-corrected chi connectivity index (χ4v) is 1.04. The van der Waals surface area contributed by atoms with Gasteiger partial charge in [-0.25, -0.2) is 4.39 Å². The van der Waals surface area contributed by atoms with Crippen molar-refractivity contribution >= 4 is 11.8 Å². The molecule has 0 fully saturated rings. The molecular formula is C9H6F4NO2-. The molecule has 0 aliphatic heterocycles. The van der Waals surface area contributed by atoms with Gasteiger partial charge in [-0.3, -0.25) is 0 Å². The number of hydrogen-bond donors (Lipinski definition) is 0. The smallest absolute Gasteiger partial charge is 0.416 e. The van der Waals surface area contributed by atoms with Crippen LogP contribution < -0.4 is 10.0 Å². The Labute approximate surface area is 87.9 Å². The first-order valence-corrected chi connectivity index (χ1v) is 4.04. The number of hydrogen-bond acceptors (Lipinski definition) is 2. The minimum absolute atomic E-state index is 0.284. The summed E-state index contributed by atoms with van der Waals surface area (Å²) >= 11 is 0. The molecule has 0 saturated heterocycles. The number of nitrogens with zero attached hydrogens (tertiary/aromatic N) is 1. The first-order valence-electron chi connectivity index (χ1n) is 4.04. The normalized spacial score (nSPS) is 11.3. The molecule has 0 unspecified atom stereocenters. The van der Waals surface area contributed by atoms with Crippen molar-refractivity contribution in [2.45, 2.75) is 6.18 Å². The number of halogens is 4. The Morgan fingerprint density at radius 1 is 1.31 bits per heavy atom. The van der Waals surface area contributed by atoms with Gasteiger partial charge < -0.3 is 14.8 Å². The number of amides is 1. The highest BCUT2D eigenvalue weighted by atomic mass is 19.4. The van der Waals surface area contributed by atoms with E-state index in [0.29, 0.717) is 17.0 Å². The van der Waals surface area contributed by atoms with E-state index in [1.807, 2.05) is 0 Å². The molecule has 0 radical (unpaired) electrons. The molecule has 0 heterocycles. The van der Waals surface area contributed by atoms with Gasteiger partial charge in [0.15, 0.2) is 0 Å². The fourth-order valence-electron chi connectivity index (χ4n) is 1.04. The Hall–Kier alpha value is -1.79. The van der Waals surface area contributed by atoms with Crippen LogP contribution in [-0.4, -0.2) is 13.1 Å². The van der Waals surface area contributed by atoms with Gasteiger partial charge in [-0.15, -0.1) is 0 Å². The van der Waals surface area contributed by atoms with E-state index in [9.17, 15) is 27.5 Å². The molecular weight excluding hydrogens is 230 g/mol. The monoisotopic (exact) mass is 236 g/mol. The molecule has 0 spiro atoms. The molecule has 0 atom stereocenters. The molecule has 1 aromatic carbocycles. The number of carbonyl (C=O) groups excluding carboxylic acids is 1. The van der Waals surface area contributed by atoms with Crippen LogP contribution in [-0.2, 0) is 6.18 Å². The zero-order valence-electron chi connectivity index (χ0n) is 8.01. The predicted octanol–water partition coefficient (Wildman–Crippen LogP) is 1.62. The summed E-state index contributed by atoms with van der Waals surface area (Å²) in [5.41, 5.74) is -1.69. The Bertz CT molecular complexity index is 416. The lowest BCUT2D eigenvalue weighted by Gasteiger charge is -2.20. The number of anilines is 1. The van der Waals surface area contributed by atoms with Crippen molar-refractivity contribution in [3.63, 3.8) is 0 Å². The number of rotatable bonds is 1. The highest BCUT2D eigenvalue weighted by Gasteiger charge is 2.31. The molecule has 3 nitrogen and oxygen atoms in total. The van der Waals surface area contributed by atoms with Crippen LogP contribution in [0.4, 0.5) is 28.0 Å². The van der Waals surface area contributed by atoms with Crippen LogP contribution in [0.5, 0.6) is 0 Å². The van der Waals surface area contributed by atoms with E-state index in [1.54, 1.807) is 0 Å². The molecule has 1 amide bonds. The van der Waals surface area contributed by atoms with E-state index in [1.165, 1.54) is 0 Å². The summed E-state index contributed by atoms with van der Waals surface area (Å²) in [6, 6.07) is 1.48. The maximum Gasteiger partial charge on any atom is 0.416 e. The van der Waals surface area contributed by atoms with Crippen LogP contribution in [0, 0.1) is 5.82 Å². The maximum atomic E-state index is 12.8. The summed E-state index contributed by atoms with van der Waals surface area (Å²) in [7, 11) is 0.963. The number of alkyl halides is 3. The first-order chi connectivity index (χ1) is 7.21. The molecule has 0 N–H and O–H groups in total. The maximum absolute atomic E-state index is 12.8. The summed E-state index contributed by atoms with van der Waals surface area (Å²) < 4.78 is 49.6. The lowest BCUT2D eigenvalue weighted by molar-refractivity contribution is -0.246. The Kier molecular flexibility index (Phi) is 3.06. The van der Waals surface area contributed by atoms with Crippen molar-refractivity contribution < 1.29 is 27.5 Å². The summed E-state index contributed by atoms with van der Waals surface area (Å²) in [6.07, 6.45) is -6.46. The van der Waals surface area contributed by atoms with Crippen LogP contribution in [0.1, 0.15) is 5.56 Å². The summed E-state index contributed by atoms with van der Waals surface area (Å²) in [6.45, 7) is 0. The summed E-state index contributed by atoms with van der Waals surface area (Å²) in [5, 5.41) is 10.4. The quantitative estimate of drug-likeness (QED) is 0.695. The molecule has 1 aromatic rings. The van der Waals surface area contributed by atoms with Crippen molar-refractivity contribution in [3.05, 3.63) is 29.6 Å². The molecule has 1 rings (SSSR count). The fraction of sp³-hybridized carbons (Fsp3) is 0.222. The molecule has 0 aliphatic rings. The summed E-state index contributed by atoms with van der Waals surface area (Å²) in [5.74, 6) is -1.17. The van der Waals surface area contributed by atoms with Gasteiger partial charge in [0.1, 0.15) is 11.9 Å². The largest absolute Gasteiger partial charge is 0.530 e. The second kappa shape index (κ2) is 3.99. The number of carbonyl (C=O) groups is 1. The van der Waals surface area contributed by atoms with Gasteiger partial charge in [-0.2, -0.15) is 13.2 Å². The van der Waals surface area contributed by atoms with Crippen molar-refractivity contribution in [1.82, 2.24) is 0 Å². The van der Waals surface area contributed by atoms with Crippen LogP contribution in [0.15, 0.2) is 18.2 Å². The van der Waals surface area contributed by atoms with E-state index < -0.39 is 29.3 Å². The minimum Gasteiger partial charge on any atom is -0.530 e. The number of carboxylic acid groups (broad SMARTS) is 1. The lowest BCUT2D eigenvalue weighted by Crippen LogP contribution is -2.38. The molecule has 16 heavy (non-hydrogen) atoms. The van der Waals surface area contributed by atoms with E-state index in [-0.39, 0.29) is 6.07 Å². The molecule has 0 bridgehead atoms. The molecule has 0 aromatic heterocycles. The first kappa shape index (κ1) is 12.3.